The molecule has 1 amide bonds. The summed E-state index contributed by atoms with van der Waals surface area (Å²) in [6.07, 6.45) is 2.81. The number of methoxy groups -OCH3 is 1. The van der Waals surface area contributed by atoms with E-state index >= 15 is 0 Å². The van der Waals surface area contributed by atoms with Crippen molar-refractivity contribution in [3.8, 4) is 5.88 Å². The molecule has 4 rings (SSSR count). The van der Waals surface area contributed by atoms with Crippen LogP contribution in [0, 0.1) is 0 Å². The summed E-state index contributed by atoms with van der Waals surface area (Å²) in [7, 11) is 3.70. The van der Waals surface area contributed by atoms with E-state index in [9.17, 15) is 4.79 Å². The minimum absolute atomic E-state index is 0.0768. The standard InChI is InChI=1S/C13H17N3O2/c1-15-10-5-11(15)8-16(7-10)13(17)9-3-4-12(18-2)14-6-9/h3-4,6,10-11H,5,7-8H2,1-2H3. The Balaban J connectivity index is 1.71. The van der Waals surface area contributed by atoms with Crippen LogP contribution in [0.1, 0.15) is 16.8 Å². The van der Waals surface area contributed by atoms with Crippen LogP contribution in [0.2, 0.25) is 0 Å². The van der Waals surface area contributed by atoms with Crippen molar-refractivity contribution >= 4 is 5.91 Å². The molecule has 2 atom stereocenters. The highest BCUT2D eigenvalue weighted by Crippen LogP contribution is 2.30. The van der Waals surface area contributed by atoms with E-state index < -0.39 is 0 Å². The minimum Gasteiger partial charge on any atom is -0.481 e. The first-order valence-electron chi connectivity index (χ1n) is 6.20. The molecular formula is C13H17N3O2. The van der Waals surface area contributed by atoms with Crippen molar-refractivity contribution < 1.29 is 9.53 Å². The summed E-state index contributed by atoms with van der Waals surface area (Å²) in [6, 6.07) is 4.58. The first kappa shape index (κ1) is 11.5. The van der Waals surface area contributed by atoms with Gasteiger partial charge < -0.3 is 9.64 Å². The Morgan fingerprint density at radius 2 is 2.11 bits per heavy atom. The Morgan fingerprint density at radius 1 is 1.39 bits per heavy atom. The van der Waals surface area contributed by atoms with Crippen LogP contribution in [0.5, 0.6) is 5.88 Å². The fourth-order valence-corrected chi connectivity index (χ4v) is 2.77. The summed E-state index contributed by atoms with van der Waals surface area (Å²) in [5, 5.41) is 0. The molecule has 4 heterocycles. The predicted octanol–water partition coefficient (Wildman–Crippen LogP) is 0.619. The van der Waals surface area contributed by atoms with Gasteiger partial charge in [-0.25, -0.2) is 4.98 Å². The van der Waals surface area contributed by atoms with Crippen LogP contribution in [0.3, 0.4) is 0 Å². The predicted molar refractivity (Wildman–Crippen MR) is 66.6 cm³/mol. The number of hydrogen-bond donors (Lipinski definition) is 0. The summed E-state index contributed by atoms with van der Waals surface area (Å²) < 4.78 is 4.99. The van der Waals surface area contributed by atoms with Crippen LogP contribution in [0.4, 0.5) is 0 Å². The summed E-state index contributed by atoms with van der Waals surface area (Å²) in [4.78, 5) is 20.7. The summed E-state index contributed by atoms with van der Waals surface area (Å²) in [5.74, 6) is 0.612. The molecule has 2 unspecified atom stereocenters. The SMILES string of the molecule is COc1ccc(C(=O)N2CC3CC(C2)N3C)cn1. The maximum absolute atomic E-state index is 12.3. The number of nitrogens with zero attached hydrogens (tertiary/aromatic N) is 3. The number of carbonyl (C=O) groups excluding carboxylic acids is 1. The zero-order valence-electron chi connectivity index (χ0n) is 10.7. The van der Waals surface area contributed by atoms with Gasteiger partial charge in [0.15, 0.2) is 0 Å². The topological polar surface area (TPSA) is 45.7 Å². The third kappa shape index (κ3) is 1.75. The third-order valence-electron chi connectivity index (χ3n) is 4.04. The molecule has 1 aromatic heterocycles. The van der Waals surface area contributed by atoms with Crippen molar-refractivity contribution in [2.24, 2.45) is 0 Å². The van der Waals surface area contributed by atoms with Crippen molar-refractivity contribution in [2.75, 3.05) is 27.2 Å². The second-order valence-electron chi connectivity index (χ2n) is 5.01. The number of pyridine rings is 1. The number of aromatic nitrogens is 1. The summed E-state index contributed by atoms with van der Waals surface area (Å²) in [6.45, 7) is 1.66. The molecule has 5 nitrogen and oxygen atoms in total. The van der Waals surface area contributed by atoms with Crippen LogP contribution in [-0.4, -0.2) is 60.0 Å². The van der Waals surface area contributed by atoms with Gasteiger partial charge in [-0.15, -0.1) is 0 Å². The number of piperazine rings is 1. The van der Waals surface area contributed by atoms with Gasteiger partial charge in [0, 0.05) is 37.4 Å². The van der Waals surface area contributed by atoms with Crippen molar-refractivity contribution in [2.45, 2.75) is 18.5 Å². The monoisotopic (exact) mass is 247 g/mol. The second-order valence-corrected chi connectivity index (χ2v) is 5.01. The Kier molecular flexibility index (Phi) is 2.70. The smallest absolute Gasteiger partial charge is 0.255 e. The zero-order valence-corrected chi connectivity index (χ0v) is 10.7. The molecule has 0 N–H and O–H groups in total. The lowest BCUT2D eigenvalue weighted by Gasteiger charge is -2.54. The van der Waals surface area contributed by atoms with Crippen molar-refractivity contribution in [1.29, 1.82) is 0 Å². The average molecular weight is 247 g/mol. The first-order valence-corrected chi connectivity index (χ1v) is 6.20. The van der Waals surface area contributed by atoms with E-state index in [0.717, 1.165) is 13.1 Å². The first-order chi connectivity index (χ1) is 8.69. The van der Waals surface area contributed by atoms with Crippen LogP contribution >= 0.6 is 0 Å². The van der Waals surface area contributed by atoms with E-state index in [0.29, 0.717) is 23.5 Å². The van der Waals surface area contributed by atoms with Crippen LogP contribution in [-0.2, 0) is 0 Å². The minimum atomic E-state index is 0.0768. The molecular weight excluding hydrogens is 230 g/mol. The van der Waals surface area contributed by atoms with Gasteiger partial charge in [-0.3, -0.25) is 9.69 Å². The highest BCUT2D eigenvalue weighted by Gasteiger charge is 2.43. The molecule has 0 saturated carbocycles. The highest BCUT2D eigenvalue weighted by molar-refractivity contribution is 5.94. The number of rotatable bonds is 2. The molecule has 3 saturated heterocycles. The van der Waals surface area contributed by atoms with E-state index in [2.05, 4.69) is 16.9 Å². The maximum atomic E-state index is 12.3. The number of piperidine rings is 1. The van der Waals surface area contributed by atoms with Gasteiger partial charge in [0.1, 0.15) is 0 Å². The number of carbonyl (C=O) groups is 1. The molecule has 3 aliphatic rings. The average Bonchev–Trinajstić information content (AvgIpc) is 2.46. The molecule has 96 valence electrons. The molecule has 5 heteroatoms. The number of fused-ring (bicyclic) bond motifs is 2. The van der Waals surface area contributed by atoms with E-state index in [1.807, 2.05) is 4.90 Å². The van der Waals surface area contributed by atoms with Gasteiger partial charge in [-0.05, 0) is 19.5 Å². The van der Waals surface area contributed by atoms with Gasteiger partial charge in [-0.2, -0.15) is 0 Å². The second kappa shape index (κ2) is 4.24. The van der Waals surface area contributed by atoms with Gasteiger partial charge in [0.05, 0.1) is 12.7 Å². The van der Waals surface area contributed by atoms with Gasteiger partial charge >= 0.3 is 0 Å². The fourth-order valence-electron chi connectivity index (χ4n) is 2.77. The molecule has 3 fully saturated rings. The molecule has 18 heavy (non-hydrogen) atoms. The van der Waals surface area contributed by atoms with Crippen molar-refractivity contribution in [1.82, 2.24) is 14.8 Å². The van der Waals surface area contributed by atoms with Gasteiger partial charge in [0.2, 0.25) is 5.88 Å². The molecule has 0 spiro atoms. The molecule has 3 aliphatic heterocycles. The number of likely N-dealkylation sites (N-methyl/N-ethyl adjacent to an activating group) is 1. The Morgan fingerprint density at radius 3 is 2.61 bits per heavy atom. The lowest BCUT2D eigenvalue weighted by atomic mass is 9.88. The van der Waals surface area contributed by atoms with Crippen molar-refractivity contribution in [3.63, 3.8) is 0 Å². The maximum Gasteiger partial charge on any atom is 0.255 e. The van der Waals surface area contributed by atoms with Crippen LogP contribution in [0.25, 0.3) is 0 Å². The Hall–Kier alpha value is -1.62. The summed E-state index contributed by atoms with van der Waals surface area (Å²) >= 11 is 0. The highest BCUT2D eigenvalue weighted by atomic mass is 16.5. The van der Waals surface area contributed by atoms with Crippen LogP contribution in [0.15, 0.2) is 18.3 Å². The van der Waals surface area contributed by atoms with E-state index in [1.165, 1.54) is 6.42 Å². The third-order valence-corrected chi connectivity index (χ3v) is 4.04. The lowest BCUT2D eigenvalue weighted by molar-refractivity contribution is -0.0404. The van der Waals surface area contributed by atoms with Gasteiger partial charge in [0.25, 0.3) is 5.91 Å². The largest absolute Gasteiger partial charge is 0.481 e. The number of ether oxygens (including phenoxy) is 1. The van der Waals surface area contributed by atoms with E-state index in [1.54, 1.807) is 25.4 Å². The Labute approximate surface area is 106 Å². The lowest BCUT2D eigenvalue weighted by Crippen LogP contribution is -2.67. The Bertz CT molecular complexity index is 448. The van der Waals surface area contributed by atoms with Gasteiger partial charge in [-0.1, -0.05) is 0 Å². The quantitative estimate of drug-likeness (QED) is 0.768. The van der Waals surface area contributed by atoms with Crippen LogP contribution < -0.4 is 4.74 Å². The molecule has 0 aromatic carbocycles. The molecule has 0 radical (unpaired) electrons. The molecule has 1 aromatic rings. The van der Waals surface area contributed by atoms with E-state index in [-0.39, 0.29) is 5.91 Å². The normalized spacial score (nSPS) is 26.7. The fraction of sp³-hybridized carbons (Fsp3) is 0.538. The van der Waals surface area contributed by atoms with E-state index in [4.69, 9.17) is 4.74 Å². The zero-order chi connectivity index (χ0) is 12.7. The molecule has 0 aliphatic carbocycles. The van der Waals surface area contributed by atoms with Crippen molar-refractivity contribution in [3.05, 3.63) is 23.9 Å². The number of hydrogen-bond acceptors (Lipinski definition) is 4. The number of amides is 1. The summed E-state index contributed by atoms with van der Waals surface area (Å²) in [5.41, 5.74) is 0.639. The molecule has 2 bridgehead atoms.